The van der Waals surface area contributed by atoms with Gasteiger partial charge < -0.3 is 0 Å². The minimum Gasteiger partial charge on any atom is -0.271 e. The molecule has 0 saturated heterocycles. The summed E-state index contributed by atoms with van der Waals surface area (Å²) in [5.74, 6) is 5.21. The first-order valence-electron chi connectivity index (χ1n) is 5.45. The summed E-state index contributed by atoms with van der Waals surface area (Å²) in [7, 11) is 0. The molecule has 1 aromatic carbocycles. The first kappa shape index (κ1) is 13.0. The maximum atomic E-state index is 13.0. The average Bonchev–Trinajstić information content (AvgIpc) is 2.34. The molecule has 5 heteroatoms. The van der Waals surface area contributed by atoms with Crippen molar-refractivity contribution >= 4 is 11.6 Å². The largest absolute Gasteiger partial charge is 0.271 e. The van der Waals surface area contributed by atoms with Crippen LogP contribution in [0.2, 0.25) is 5.02 Å². The monoisotopic (exact) mass is 265 g/mol. The quantitative estimate of drug-likeness (QED) is 0.663. The molecular formula is C13H13ClFN3. The molecule has 2 rings (SSSR count). The van der Waals surface area contributed by atoms with E-state index in [0.717, 1.165) is 16.7 Å². The second kappa shape index (κ2) is 5.44. The lowest BCUT2D eigenvalue weighted by molar-refractivity contribution is 0.613. The third-order valence-electron chi connectivity index (χ3n) is 2.83. The van der Waals surface area contributed by atoms with E-state index in [1.54, 1.807) is 18.5 Å². The molecule has 0 fully saturated rings. The van der Waals surface area contributed by atoms with E-state index in [1.807, 2.05) is 13.0 Å². The molecule has 0 bridgehead atoms. The minimum atomic E-state index is -0.373. The number of nitrogens with one attached hydrogen (secondary N) is 1. The van der Waals surface area contributed by atoms with Gasteiger partial charge in [-0.05, 0) is 41.8 Å². The summed E-state index contributed by atoms with van der Waals surface area (Å²) in [6, 6.07) is 5.82. The molecule has 94 valence electrons. The lowest BCUT2D eigenvalue weighted by Gasteiger charge is -2.19. The summed E-state index contributed by atoms with van der Waals surface area (Å²) < 4.78 is 13.0. The lowest BCUT2D eigenvalue weighted by Crippen LogP contribution is -2.29. The van der Waals surface area contributed by atoms with Gasteiger partial charge in [0.1, 0.15) is 5.82 Å². The highest BCUT2D eigenvalue weighted by Gasteiger charge is 2.17. The van der Waals surface area contributed by atoms with E-state index in [9.17, 15) is 4.39 Å². The fourth-order valence-electron chi connectivity index (χ4n) is 1.86. The highest BCUT2D eigenvalue weighted by molar-refractivity contribution is 6.31. The van der Waals surface area contributed by atoms with E-state index in [1.165, 1.54) is 12.1 Å². The van der Waals surface area contributed by atoms with E-state index in [2.05, 4.69) is 10.4 Å². The number of rotatable bonds is 3. The molecule has 3 nitrogen and oxygen atoms in total. The molecule has 3 N–H and O–H groups in total. The van der Waals surface area contributed by atoms with Crippen molar-refractivity contribution in [2.45, 2.75) is 13.0 Å². The van der Waals surface area contributed by atoms with Crippen LogP contribution in [0.4, 0.5) is 4.39 Å². The summed E-state index contributed by atoms with van der Waals surface area (Å²) in [5, 5.41) is 0.334. The molecule has 1 unspecified atom stereocenters. The number of nitrogens with two attached hydrogens (primary N) is 1. The highest BCUT2D eigenvalue weighted by Crippen LogP contribution is 2.29. The molecule has 0 saturated carbocycles. The predicted molar refractivity (Wildman–Crippen MR) is 69.6 cm³/mol. The molecule has 1 atom stereocenters. The topological polar surface area (TPSA) is 50.9 Å². The molecule has 1 heterocycles. The molecule has 0 aliphatic rings. The van der Waals surface area contributed by atoms with Crippen molar-refractivity contribution in [3.63, 3.8) is 0 Å². The predicted octanol–water partition coefficient (Wildman–Crippen LogP) is 2.74. The molecule has 0 spiro atoms. The second-order valence-electron chi connectivity index (χ2n) is 4.00. The Morgan fingerprint density at radius 2 is 2.11 bits per heavy atom. The maximum absolute atomic E-state index is 13.0. The Morgan fingerprint density at radius 1 is 1.33 bits per heavy atom. The van der Waals surface area contributed by atoms with Gasteiger partial charge in [-0.1, -0.05) is 17.7 Å². The summed E-state index contributed by atoms with van der Waals surface area (Å²) in [4.78, 5) is 4.07. The zero-order chi connectivity index (χ0) is 13.1. The van der Waals surface area contributed by atoms with Crippen LogP contribution in [0.15, 0.2) is 36.7 Å². The summed E-state index contributed by atoms with van der Waals surface area (Å²) in [6.07, 6.45) is 3.43. The van der Waals surface area contributed by atoms with Gasteiger partial charge in [0.05, 0.1) is 6.04 Å². The Hall–Kier alpha value is -1.49. The van der Waals surface area contributed by atoms with Gasteiger partial charge in [0, 0.05) is 17.4 Å². The van der Waals surface area contributed by atoms with Crippen LogP contribution in [0.25, 0.3) is 0 Å². The fourth-order valence-corrected chi connectivity index (χ4v) is 2.14. The number of benzene rings is 1. The molecule has 0 aliphatic heterocycles. The van der Waals surface area contributed by atoms with Crippen LogP contribution >= 0.6 is 11.6 Å². The third-order valence-corrected chi connectivity index (χ3v) is 3.16. The van der Waals surface area contributed by atoms with Crippen LogP contribution in [-0.4, -0.2) is 4.98 Å². The minimum absolute atomic E-state index is 0.313. The van der Waals surface area contributed by atoms with E-state index in [0.29, 0.717) is 5.02 Å². The van der Waals surface area contributed by atoms with Gasteiger partial charge in [-0.3, -0.25) is 10.8 Å². The lowest BCUT2D eigenvalue weighted by atomic mass is 9.97. The molecule has 0 radical (unpaired) electrons. The number of hydrogen-bond acceptors (Lipinski definition) is 3. The van der Waals surface area contributed by atoms with Crippen LogP contribution in [0, 0.1) is 12.7 Å². The van der Waals surface area contributed by atoms with Crippen molar-refractivity contribution in [2.24, 2.45) is 5.84 Å². The number of aryl methyl sites for hydroxylation is 1. The van der Waals surface area contributed by atoms with Crippen molar-refractivity contribution in [3.8, 4) is 0 Å². The Labute approximate surface area is 110 Å². The molecule has 18 heavy (non-hydrogen) atoms. The standard InChI is InChI=1S/C13H13ClFN3/c1-8-4-5-17-7-11(8)13(18-16)10-3-2-9(15)6-12(10)14/h2-7,13,18H,16H2,1H3. The van der Waals surface area contributed by atoms with Gasteiger partial charge in [0.2, 0.25) is 0 Å². The molecular weight excluding hydrogens is 253 g/mol. The summed E-state index contributed by atoms with van der Waals surface area (Å²) in [5.41, 5.74) is 5.35. The van der Waals surface area contributed by atoms with Crippen LogP contribution < -0.4 is 11.3 Å². The number of hydrogen-bond donors (Lipinski definition) is 2. The van der Waals surface area contributed by atoms with Gasteiger partial charge in [-0.25, -0.2) is 9.82 Å². The second-order valence-corrected chi connectivity index (χ2v) is 4.40. The Morgan fingerprint density at radius 3 is 2.72 bits per heavy atom. The smallest absolute Gasteiger partial charge is 0.124 e. The number of pyridine rings is 1. The first-order chi connectivity index (χ1) is 8.63. The highest BCUT2D eigenvalue weighted by atomic mass is 35.5. The van der Waals surface area contributed by atoms with Crippen molar-refractivity contribution in [3.05, 3.63) is 64.2 Å². The average molecular weight is 266 g/mol. The normalized spacial score (nSPS) is 12.4. The zero-order valence-electron chi connectivity index (χ0n) is 9.82. The maximum Gasteiger partial charge on any atom is 0.124 e. The van der Waals surface area contributed by atoms with Crippen molar-refractivity contribution in [2.75, 3.05) is 0 Å². The van der Waals surface area contributed by atoms with E-state index in [4.69, 9.17) is 17.4 Å². The Kier molecular flexibility index (Phi) is 3.91. The van der Waals surface area contributed by atoms with Crippen LogP contribution in [0.5, 0.6) is 0 Å². The molecule has 1 aromatic heterocycles. The number of hydrazine groups is 1. The van der Waals surface area contributed by atoms with E-state index >= 15 is 0 Å². The van der Waals surface area contributed by atoms with Crippen molar-refractivity contribution < 1.29 is 4.39 Å². The Bertz CT molecular complexity index is 560. The van der Waals surface area contributed by atoms with Crippen LogP contribution in [0.1, 0.15) is 22.7 Å². The van der Waals surface area contributed by atoms with Crippen molar-refractivity contribution in [1.29, 1.82) is 0 Å². The van der Waals surface area contributed by atoms with E-state index < -0.39 is 0 Å². The first-order valence-corrected chi connectivity index (χ1v) is 5.83. The van der Waals surface area contributed by atoms with Gasteiger partial charge >= 0.3 is 0 Å². The number of halogens is 2. The number of nitrogens with zero attached hydrogens (tertiary/aromatic N) is 1. The molecule has 0 aliphatic carbocycles. The van der Waals surface area contributed by atoms with Gasteiger partial charge in [-0.15, -0.1) is 0 Å². The Balaban J connectivity index is 2.49. The van der Waals surface area contributed by atoms with E-state index in [-0.39, 0.29) is 11.9 Å². The molecule has 2 aromatic rings. The van der Waals surface area contributed by atoms with Crippen LogP contribution in [0.3, 0.4) is 0 Å². The summed E-state index contributed by atoms with van der Waals surface area (Å²) in [6.45, 7) is 1.96. The number of aromatic nitrogens is 1. The van der Waals surface area contributed by atoms with Gasteiger partial charge in [0.15, 0.2) is 0 Å². The van der Waals surface area contributed by atoms with Crippen molar-refractivity contribution in [1.82, 2.24) is 10.4 Å². The van der Waals surface area contributed by atoms with Gasteiger partial charge in [-0.2, -0.15) is 0 Å². The van der Waals surface area contributed by atoms with Gasteiger partial charge in [0.25, 0.3) is 0 Å². The SMILES string of the molecule is Cc1ccncc1C(NN)c1ccc(F)cc1Cl. The third kappa shape index (κ3) is 2.51. The van der Waals surface area contributed by atoms with Crippen LogP contribution in [-0.2, 0) is 0 Å². The fraction of sp³-hybridized carbons (Fsp3) is 0.154. The zero-order valence-corrected chi connectivity index (χ0v) is 10.6. The summed E-state index contributed by atoms with van der Waals surface area (Å²) >= 11 is 6.05. The molecule has 0 amide bonds.